The molecule has 0 aromatic heterocycles. The van der Waals surface area contributed by atoms with Crippen LogP contribution in [0, 0.1) is 0 Å². The van der Waals surface area contributed by atoms with Gasteiger partial charge in [-0.25, -0.2) is 4.79 Å². The minimum atomic E-state index is -0.942. The molecule has 2 N–H and O–H groups in total. The van der Waals surface area contributed by atoms with Crippen LogP contribution in [-0.4, -0.2) is 41.6 Å². The summed E-state index contributed by atoms with van der Waals surface area (Å²) >= 11 is 0. The smallest absolute Gasteiger partial charge is 0.317 e. The van der Waals surface area contributed by atoms with Crippen LogP contribution in [0.1, 0.15) is 31.7 Å². The first kappa shape index (κ1) is 16.0. The Kier molecular flexibility index (Phi) is 6.03. The summed E-state index contributed by atoms with van der Waals surface area (Å²) in [5.74, 6) is -1.67. The average molecular weight is 278 g/mol. The van der Waals surface area contributed by atoms with E-state index in [9.17, 15) is 14.7 Å². The summed E-state index contributed by atoms with van der Waals surface area (Å²) in [6.07, 6.45) is 0.852. The van der Waals surface area contributed by atoms with Crippen molar-refractivity contribution in [1.82, 2.24) is 10.2 Å². The maximum atomic E-state index is 11.9. The van der Waals surface area contributed by atoms with E-state index < -0.39 is 11.9 Å². The van der Waals surface area contributed by atoms with Crippen molar-refractivity contribution in [1.29, 1.82) is 0 Å². The molecule has 0 aliphatic rings. The zero-order valence-corrected chi connectivity index (χ0v) is 12.2. The normalized spacial score (nSPS) is 13.3. The van der Waals surface area contributed by atoms with E-state index in [0.717, 1.165) is 6.42 Å². The van der Waals surface area contributed by atoms with Gasteiger partial charge in [0.15, 0.2) is 0 Å². The average Bonchev–Trinajstić information content (AvgIpc) is 2.46. The van der Waals surface area contributed by atoms with Gasteiger partial charge in [0.2, 0.25) is 0 Å². The second-order valence-corrected chi connectivity index (χ2v) is 4.86. The Morgan fingerprint density at radius 3 is 2.40 bits per heavy atom. The predicted octanol–water partition coefficient (Wildman–Crippen LogP) is 2.29. The van der Waals surface area contributed by atoms with Gasteiger partial charge in [-0.15, -0.1) is 0 Å². The second-order valence-electron chi connectivity index (χ2n) is 4.86. The summed E-state index contributed by atoms with van der Waals surface area (Å²) in [7, 11) is 1.71. The second kappa shape index (κ2) is 7.53. The number of benzene rings is 1. The van der Waals surface area contributed by atoms with Crippen molar-refractivity contribution in [3.05, 3.63) is 35.9 Å². The maximum Gasteiger partial charge on any atom is 0.317 e. The number of carbonyl (C=O) groups excluding carboxylic acids is 1. The number of carbonyl (C=O) groups is 2. The molecule has 2 unspecified atom stereocenters. The van der Waals surface area contributed by atoms with Gasteiger partial charge in [-0.1, -0.05) is 37.3 Å². The molecule has 1 rings (SSSR count). The number of hydrogen-bond donors (Lipinski definition) is 2. The van der Waals surface area contributed by atoms with E-state index in [4.69, 9.17) is 0 Å². The molecular formula is C15H22N2O3. The van der Waals surface area contributed by atoms with Crippen molar-refractivity contribution < 1.29 is 14.7 Å². The fraction of sp³-hybridized carbons (Fsp3) is 0.467. The molecule has 0 saturated carbocycles. The highest BCUT2D eigenvalue weighted by atomic mass is 16.4. The van der Waals surface area contributed by atoms with Crippen molar-refractivity contribution in [3.8, 4) is 0 Å². The molecule has 20 heavy (non-hydrogen) atoms. The molecule has 0 aliphatic heterocycles. The molecule has 0 heterocycles. The minimum absolute atomic E-state index is 0.0823. The van der Waals surface area contributed by atoms with Gasteiger partial charge < -0.3 is 15.3 Å². The first-order chi connectivity index (χ1) is 9.47. The van der Waals surface area contributed by atoms with Crippen LogP contribution in [0.2, 0.25) is 0 Å². The number of nitrogens with zero attached hydrogens (tertiary/aromatic N) is 1. The number of hydrogen-bond acceptors (Lipinski definition) is 2. The summed E-state index contributed by atoms with van der Waals surface area (Å²) in [4.78, 5) is 24.8. The Bertz CT molecular complexity index is 448. The van der Waals surface area contributed by atoms with Crippen LogP contribution in [0.4, 0.5) is 4.79 Å². The van der Waals surface area contributed by atoms with Gasteiger partial charge in [0.05, 0.1) is 5.92 Å². The molecule has 2 amide bonds. The van der Waals surface area contributed by atoms with Crippen LogP contribution in [0.25, 0.3) is 0 Å². The monoisotopic (exact) mass is 278 g/mol. The van der Waals surface area contributed by atoms with Crippen LogP contribution in [0.15, 0.2) is 30.3 Å². The van der Waals surface area contributed by atoms with Crippen molar-refractivity contribution in [3.63, 3.8) is 0 Å². The Morgan fingerprint density at radius 1 is 1.30 bits per heavy atom. The fourth-order valence-corrected chi connectivity index (χ4v) is 1.82. The number of rotatable bonds is 6. The van der Waals surface area contributed by atoms with Crippen molar-refractivity contribution in [2.45, 2.75) is 32.2 Å². The van der Waals surface area contributed by atoms with Gasteiger partial charge in [-0.2, -0.15) is 0 Å². The maximum absolute atomic E-state index is 11.9. The minimum Gasteiger partial charge on any atom is -0.481 e. The zero-order chi connectivity index (χ0) is 15.1. The lowest BCUT2D eigenvalue weighted by atomic mass is 9.99. The number of aliphatic carboxylic acids is 1. The van der Waals surface area contributed by atoms with Crippen LogP contribution >= 0.6 is 0 Å². The molecule has 1 aromatic carbocycles. The highest BCUT2D eigenvalue weighted by molar-refractivity contribution is 5.79. The molecule has 1 aromatic rings. The molecule has 0 spiro atoms. The molecule has 0 bridgehead atoms. The highest BCUT2D eigenvalue weighted by Gasteiger charge is 2.22. The van der Waals surface area contributed by atoms with Crippen LogP contribution in [0.5, 0.6) is 0 Å². The van der Waals surface area contributed by atoms with Crippen LogP contribution in [-0.2, 0) is 4.79 Å². The largest absolute Gasteiger partial charge is 0.481 e. The van der Waals surface area contributed by atoms with E-state index in [2.05, 4.69) is 5.32 Å². The number of carboxylic acids is 1. The summed E-state index contributed by atoms with van der Waals surface area (Å²) in [5, 5.41) is 12.0. The number of carboxylic acid groups (broad SMARTS) is 1. The Balaban J connectivity index is 2.65. The SMILES string of the molecule is CCC(C)N(C)C(=O)NCC(C(=O)O)c1ccccc1. The van der Waals surface area contributed by atoms with Gasteiger partial charge >= 0.3 is 12.0 Å². The molecule has 5 heteroatoms. The Labute approximate surface area is 119 Å². The third-order valence-corrected chi connectivity index (χ3v) is 3.53. The third-order valence-electron chi connectivity index (χ3n) is 3.53. The Morgan fingerprint density at radius 2 is 1.90 bits per heavy atom. The van der Waals surface area contributed by atoms with Gasteiger partial charge in [0.1, 0.15) is 0 Å². The first-order valence-electron chi connectivity index (χ1n) is 6.75. The summed E-state index contributed by atoms with van der Waals surface area (Å²) in [5.41, 5.74) is 0.687. The Hall–Kier alpha value is -2.04. The van der Waals surface area contributed by atoms with Gasteiger partial charge in [0, 0.05) is 19.6 Å². The van der Waals surface area contributed by atoms with Crippen molar-refractivity contribution in [2.75, 3.05) is 13.6 Å². The lowest BCUT2D eigenvalue weighted by Gasteiger charge is -2.25. The third kappa shape index (κ3) is 4.26. The summed E-state index contributed by atoms with van der Waals surface area (Å²) < 4.78 is 0. The number of urea groups is 1. The lowest BCUT2D eigenvalue weighted by Crippen LogP contribution is -2.44. The number of nitrogens with one attached hydrogen (secondary N) is 1. The predicted molar refractivity (Wildman–Crippen MR) is 77.7 cm³/mol. The standard InChI is InChI=1S/C15H22N2O3/c1-4-11(2)17(3)15(20)16-10-13(14(18)19)12-8-6-5-7-9-12/h5-9,11,13H,4,10H2,1-3H3,(H,16,20)(H,18,19). The lowest BCUT2D eigenvalue weighted by molar-refractivity contribution is -0.138. The summed E-state index contributed by atoms with van der Waals surface area (Å²) in [6, 6.07) is 8.79. The van der Waals surface area contributed by atoms with Crippen LogP contribution in [0.3, 0.4) is 0 Å². The van der Waals surface area contributed by atoms with E-state index in [1.165, 1.54) is 0 Å². The van der Waals surface area contributed by atoms with Gasteiger partial charge in [0.25, 0.3) is 0 Å². The quantitative estimate of drug-likeness (QED) is 0.838. The molecule has 0 radical (unpaired) electrons. The topological polar surface area (TPSA) is 69.6 Å². The van der Waals surface area contributed by atoms with Crippen LogP contribution < -0.4 is 5.32 Å². The summed E-state index contributed by atoms with van der Waals surface area (Å²) in [6.45, 7) is 4.03. The number of amides is 2. The molecule has 5 nitrogen and oxygen atoms in total. The van der Waals surface area contributed by atoms with Gasteiger partial charge in [-0.3, -0.25) is 4.79 Å². The molecule has 0 saturated heterocycles. The van der Waals surface area contributed by atoms with E-state index >= 15 is 0 Å². The van der Waals surface area contributed by atoms with Crippen molar-refractivity contribution in [2.24, 2.45) is 0 Å². The molecule has 2 atom stereocenters. The molecular weight excluding hydrogens is 256 g/mol. The first-order valence-corrected chi connectivity index (χ1v) is 6.75. The zero-order valence-electron chi connectivity index (χ0n) is 12.2. The van der Waals surface area contributed by atoms with E-state index in [0.29, 0.717) is 5.56 Å². The van der Waals surface area contributed by atoms with E-state index in [-0.39, 0.29) is 18.6 Å². The molecule has 0 fully saturated rings. The molecule has 110 valence electrons. The highest BCUT2D eigenvalue weighted by Crippen LogP contribution is 2.15. The van der Waals surface area contributed by atoms with Crippen molar-refractivity contribution >= 4 is 12.0 Å². The van der Waals surface area contributed by atoms with Gasteiger partial charge in [-0.05, 0) is 18.9 Å². The molecule has 0 aliphatic carbocycles. The van der Waals surface area contributed by atoms with E-state index in [1.54, 1.807) is 36.2 Å². The fourth-order valence-electron chi connectivity index (χ4n) is 1.82. The van der Waals surface area contributed by atoms with E-state index in [1.807, 2.05) is 19.9 Å².